The van der Waals surface area contributed by atoms with Crippen molar-refractivity contribution < 1.29 is 28.8 Å². The lowest BCUT2D eigenvalue weighted by molar-refractivity contribution is -0.303. The van der Waals surface area contributed by atoms with E-state index in [-0.39, 0.29) is 6.10 Å². The van der Waals surface area contributed by atoms with Crippen molar-refractivity contribution in [2.45, 2.75) is 30.7 Å². The number of hydrogen-bond donors (Lipinski definition) is 1. The molecule has 0 aromatic rings. The highest BCUT2D eigenvalue weighted by Gasteiger charge is 2.46. The SMILES string of the molecule is COC[C@H]1OC(OC)[C@H](OC)[C@@H](O)[C@@H]1OC. The quantitative estimate of drug-likeness (QED) is 0.687. The van der Waals surface area contributed by atoms with Gasteiger partial charge in [-0.15, -0.1) is 0 Å². The summed E-state index contributed by atoms with van der Waals surface area (Å²) in [5, 5.41) is 10.1. The fourth-order valence-electron chi connectivity index (χ4n) is 1.92. The number of ether oxygens (including phenoxy) is 5. The Morgan fingerprint density at radius 3 is 2.06 bits per heavy atom. The molecule has 1 rings (SSSR count). The second-order valence-electron chi connectivity index (χ2n) is 3.63. The first-order valence-corrected chi connectivity index (χ1v) is 5.10. The molecule has 0 aromatic heterocycles. The number of aliphatic hydroxyl groups excluding tert-OH is 1. The van der Waals surface area contributed by atoms with Crippen molar-refractivity contribution in [3.63, 3.8) is 0 Å². The monoisotopic (exact) mass is 236 g/mol. The minimum absolute atomic E-state index is 0.325. The third-order valence-electron chi connectivity index (χ3n) is 2.72. The third-order valence-corrected chi connectivity index (χ3v) is 2.72. The Kier molecular flexibility index (Phi) is 5.60. The van der Waals surface area contributed by atoms with Crippen molar-refractivity contribution in [2.75, 3.05) is 35.0 Å². The first-order valence-electron chi connectivity index (χ1n) is 5.10. The summed E-state index contributed by atoms with van der Waals surface area (Å²) in [6.45, 7) is 0.325. The van der Waals surface area contributed by atoms with Gasteiger partial charge >= 0.3 is 0 Å². The molecule has 1 unspecified atom stereocenters. The highest BCUT2D eigenvalue weighted by atomic mass is 16.7. The summed E-state index contributed by atoms with van der Waals surface area (Å²) in [7, 11) is 6.07. The molecule has 0 saturated carbocycles. The molecule has 1 heterocycles. The van der Waals surface area contributed by atoms with Crippen LogP contribution < -0.4 is 0 Å². The normalized spacial score (nSPS) is 39.9. The highest BCUT2D eigenvalue weighted by molar-refractivity contribution is 4.90. The average molecular weight is 236 g/mol. The Morgan fingerprint density at radius 1 is 1.00 bits per heavy atom. The molecule has 1 aliphatic rings. The molecule has 6 heteroatoms. The molecule has 1 N–H and O–H groups in total. The molecular weight excluding hydrogens is 216 g/mol. The van der Waals surface area contributed by atoms with Crippen molar-refractivity contribution in [3.05, 3.63) is 0 Å². The van der Waals surface area contributed by atoms with Crippen molar-refractivity contribution in [3.8, 4) is 0 Å². The van der Waals surface area contributed by atoms with Gasteiger partial charge in [-0.1, -0.05) is 0 Å². The van der Waals surface area contributed by atoms with E-state index in [9.17, 15) is 5.11 Å². The van der Waals surface area contributed by atoms with E-state index in [4.69, 9.17) is 23.7 Å². The smallest absolute Gasteiger partial charge is 0.186 e. The second kappa shape index (κ2) is 6.48. The van der Waals surface area contributed by atoms with Crippen LogP contribution in [0.2, 0.25) is 0 Å². The fourth-order valence-corrected chi connectivity index (χ4v) is 1.92. The van der Waals surface area contributed by atoms with E-state index in [2.05, 4.69) is 0 Å². The van der Waals surface area contributed by atoms with Gasteiger partial charge in [-0.25, -0.2) is 0 Å². The van der Waals surface area contributed by atoms with Crippen LogP contribution in [-0.2, 0) is 23.7 Å². The van der Waals surface area contributed by atoms with E-state index >= 15 is 0 Å². The highest BCUT2D eigenvalue weighted by Crippen LogP contribution is 2.25. The van der Waals surface area contributed by atoms with Crippen LogP contribution >= 0.6 is 0 Å². The Hall–Kier alpha value is -0.240. The first kappa shape index (κ1) is 13.8. The van der Waals surface area contributed by atoms with E-state index in [0.717, 1.165) is 0 Å². The van der Waals surface area contributed by atoms with E-state index < -0.39 is 24.6 Å². The van der Waals surface area contributed by atoms with Crippen LogP contribution in [0.5, 0.6) is 0 Å². The molecule has 0 aromatic carbocycles. The summed E-state index contributed by atoms with van der Waals surface area (Å²) >= 11 is 0. The van der Waals surface area contributed by atoms with Gasteiger partial charge in [0.25, 0.3) is 0 Å². The molecule has 0 bridgehead atoms. The molecule has 1 fully saturated rings. The number of aliphatic hydroxyl groups is 1. The Morgan fingerprint density at radius 2 is 1.62 bits per heavy atom. The minimum Gasteiger partial charge on any atom is -0.387 e. The van der Waals surface area contributed by atoms with Gasteiger partial charge < -0.3 is 28.8 Å². The fraction of sp³-hybridized carbons (Fsp3) is 1.00. The largest absolute Gasteiger partial charge is 0.387 e. The molecule has 96 valence electrons. The Balaban J connectivity index is 2.75. The summed E-state index contributed by atoms with van der Waals surface area (Å²) in [4.78, 5) is 0. The van der Waals surface area contributed by atoms with Gasteiger partial charge in [0.05, 0.1) is 6.61 Å². The third kappa shape index (κ3) is 2.71. The molecule has 0 amide bonds. The van der Waals surface area contributed by atoms with E-state index in [1.165, 1.54) is 21.3 Å². The van der Waals surface area contributed by atoms with Gasteiger partial charge in [-0.05, 0) is 0 Å². The van der Waals surface area contributed by atoms with Gasteiger partial charge in [0.1, 0.15) is 24.4 Å². The molecule has 0 radical (unpaired) electrons. The van der Waals surface area contributed by atoms with Crippen LogP contribution in [0.15, 0.2) is 0 Å². The molecule has 5 atom stereocenters. The van der Waals surface area contributed by atoms with Gasteiger partial charge in [-0.3, -0.25) is 0 Å². The molecule has 1 aliphatic heterocycles. The van der Waals surface area contributed by atoms with Gasteiger partial charge in [0.2, 0.25) is 0 Å². The van der Waals surface area contributed by atoms with Gasteiger partial charge in [-0.2, -0.15) is 0 Å². The predicted octanol–water partition coefficient (Wildman–Crippen LogP) is -0.605. The maximum Gasteiger partial charge on any atom is 0.186 e. The molecular formula is C10H20O6. The van der Waals surface area contributed by atoms with E-state index in [1.807, 2.05) is 0 Å². The van der Waals surface area contributed by atoms with Gasteiger partial charge in [0.15, 0.2) is 6.29 Å². The average Bonchev–Trinajstić information content (AvgIpc) is 2.29. The molecule has 0 spiro atoms. The predicted molar refractivity (Wildman–Crippen MR) is 55.1 cm³/mol. The summed E-state index contributed by atoms with van der Waals surface area (Å²) in [6, 6.07) is 0. The Labute approximate surface area is 95.4 Å². The zero-order chi connectivity index (χ0) is 12.1. The van der Waals surface area contributed by atoms with Crippen molar-refractivity contribution in [2.24, 2.45) is 0 Å². The van der Waals surface area contributed by atoms with Crippen molar-refractivity contribution in [1.29, 1.82) is 0 Å². The lowest BCUT2D eigenvalue weighted by Crippen LogP contribution is -2.60. The lowest BCUT2D eigenvalue weighted by atomic mass is 9.99. The topological polar surface area (TPSA) is 66.4 Å². The number of methoxy groups -OCH3 is 4. The maximum atomic E-state index is 10.1. The van der Waals surface area contributed by atoms with Crippen LogP contribution in [0, 0.1) is 0 Å². The van der Waals surface area contributed by atoms with E-state index in [1.54, 1.807) is 7.11 Å². The summed E-state index contributed by atoms with van der Waals surface area (Å²) in [6.07, 6.45) is -2.86. The van der Waals surface area contributed by atoms with Crippen molar-refractivity contribution >= 4 is 0 Å². The number of rotatable bonds is 5. The van der Waals surface area contributed by atoms with Crippen LogP contribution in [0.4, 0.5) is 0 Å². The van der Waals surface area contributed by atoms with E-state index in [0.29, 0.717) is 6.61 Å². The minimum atomic E-state index is -0.811. The first-order chi connectivity index (χ1) is 7.69. The van der Waals surface area contributed by atoms with Crippen LogP contribution in [0.25, 0.3) is 0 Å². The molecule has 6 nitrogen and oxygen atoms in total. The second-order valence-corrected chi connectivity index (χ2v) is 3.63. The summed E-state index contributed by atoms with van der Waals surface area (Å²) in [5.74, 6) is 0. The number of hydrogen-bond acceptors (Lipinski definition) is 6. The maximum absolute atomic E-state index is 10.1. The van der Waals surface area contributed by atoms with Crippen LogP contribution in [0.3, 0.4) is 0 Å². The zero-order valence-corrected chi connectivity index (χ0v) is 10.1. The lowest BCUT2D eigenvalue weighted by Gasteiger charge is -2.42. The van der Waals surface area contributed by atoms with Gasteiger partial charge in [0, 0.05) is 28.4 Å². The van der Waals surface area contributed by atoms with Crippen LogP contribution in [-0.4, -0.2) is 70.9 Å². The van der Waals surface area contributed by atoms with Crippen LogP contribution in [0.1, 0.15) is 0 Å². The zero-order valence-electron chi connectivity index (χ0n) is 10.1. The molecule has 0 aliphatic carbocycles. The molecule has 1 saturated heterocycles. The summed E-state index contributed by atoms with van der Waals surface area (Å²) < 4.78 is 26.1. The van der Waals surface area contributed by atoms with Crippen molar-refractivity contribution in [1.82, 2.24) is 0 Å². The standard InChI is InChI=1S/C10H20O6/c1-12-5-6-8(13-2)7(11)9(14-3)10(15-4)16-6/h6-11H,5H2,1-4H3/t6-,7+,8-,9-,10?/m1/s1. The Bertz CT molecular complexity index is 198. The molecule has 16 heavy (non-hydrogen) atoms. The summed E-state index contributed by atoms with van der Waals surface area (Å²) in [5.41, 5.74) is 0.